The zero-order chi connectivity index (χ0) is 20.3. The van der Waals surface area contributed by atoms with Gasteiger partial charge in [0.15, 0.2) is 0 Å². The third-order valence-electron chi connectivity index (χ3n) is 5.44. The van der Waals surface area contributed by atoms with Crippen LogP contribution in [-0.4, -0.2) is 61.4 Å². The number of rotatable bonds is 7. The second kappa shape index (κ2) is 8.75. The first-order valence-corrected chi connectivity index (χ1v) is 10.8. The highest BCUT2D eigenvalue weighted by Gasteiger charge is 2.32. The van der Waals surface area contributed by atoms with Gasteiger partial charge in [-0.3, -0.25) is 0 Å². The summed E-state index contributed by atoms with van der Waals surface area (Å²) in [4.78, 5) is 12.8. The summed E-state index contributed by atoms with van der Waals surface area (Å²) in [6, 6.07) is 10.4. The number of ether oxygens (including phenoxy) is 2. The quantitative estimate of drug-likeness (QED) is 0.632. The summed E-state index contributed by atoms with van der Waals surface area (Å²) in [5, 5.41) is 6.88. The van der Waals surface area contributed by atoms with Gasteiger partial charge >= 0.3 is 0 Å². The number of nitrogens with one attached hydrogen (secondary N) is 1. The van der Waals surface area contributed by atoms with E-state index in [0.29, 0.717) is 13.1 Å². The number of aromatic nitrogens is 2. The predicted octanol–water partition coefficient (Wildman–Crippen LogP) is 4.03. The van der Waals surface area contributed by atoms with Crippen LogP contribution < -0.4 is 5.32 Å². The summed E-state index contributed by atoms with van der Waals surface area (Å²) in [5.74, 6) is 1.71. The molecule has 0 aliphatic carbocycles. The highest BCUT2D eigenvalue weighted by Crippen LogP contribution is 2.37. The highest BCUT2D eigenvalue weighted by atomic mass is 32.1. The molecule has 3 heterocycles. The van der Waals surface area contributed by atoms with E-state index in [4.69, 9.17) is 19.4 Å². The van der Waals surface area contributed by atoms with Crippen molar-refractivity contribution in [2.45, 2.75) is 25.0 Å². The lowest BCUT2D eigenvalue weighted by atomic mass is 9.94. The predicted molar refractivity (Wildman–Crippen MR) is 119 cm³/mol. The van der Waals surface area contributed by atoms with Crippen LogP contribution >= 0.6 is 11.3 Å². The van der Waals surface area contributed by atoms with E-state index in [1.54, 1.807) is 18.4 Å². The Morgan fingerprint density at radius 3 is 2.62 bits per heavy atom. The fourth-order valence-corrected chi connectivity index (χ4v) is 4.70. The van der Waals surface area contributed by atoms with E-state index in [1.807, 2.05) is 20.2 Å². The molecular formula is C22H28N4O2S. The molecule has 1 N–H and O–H groups in total. The van der Waals surface area contributed by atoms with Crippen LogP contribution in [0.1, 0.15) is 18.7 Å². The molecule has 1 saturated heterocycles. The number of benzene rings is 1. The minimum absolute atomic E-state index is 0.222. The van der Waals surface area contributed by atoms with Crippen molar-refractivity contribution >= 4 is 27.4 Å². The maximum Gasteiger partial charge on any atom is 0.146 e. The van der Waals surface area contributed by atoms with Gasteiger partial charge in [0.25, 0.3) is 0 Å². The second-order valence-corrected chi connectivity index (χ2v) is 8.63. The molecule has 4 rings (SSSR count). The molecule has 7 heteroatoms. The van der Waals surface area contributed by atoms with Crippen LogP contribution in [-0.2, 0) is 16.0 Å². The number of methoxy groups -OCH3 is 1. The number of anilines is 1. The fraction of sp³-hybridized carbons (Fsp3) is 0.455. The van der Waals surface area contributed by atoms with Gasteiger partial charge in [0.05, 0.1) is 17.5 Å². The SMILES string of the molecule is COC1(CNc2nc(CN(C)C)nc3scc(-c4ccccc4)c23)CCOCC1. The molecule has 0 radical (unpaired) electrons. The van der Waals surface area contributed by atoms with Crippen LogP contribution in [0, 0.1) is 0 Å². The van der Waals surface area contributed by atoms with Gasteiger partial charge in [0.1, 0.15) is 16.5 Å². The molecule has 1 aromatic carbocycles. The maximum absolute atomic E-state index is 5.91. The number of hydrogen-bond donors (Lipinski definition) is 1. The van der Waals surface area contributed by atoms with Gasteiger partial charge in [-0.2, -0.15) is 0 Å². The number of thiophene rings is 1. The lowest BCUT2D eigenvalue weighted by Crippen LogP contribution is -2.44. The van der Waals surface area contributed by atoms with Crippen molar-refractivity contribution in [2.75, 3.05) is 46.3 Å². The Kier molecular flexibility index (Phi) is 6.10. The first-order valence-electron chi connectivity index (χ1n) is 9.95. The lowest BCUT2D eigenvalue weighted by Gasteiger charge is -2.36. The van der Waals surface area contributed by atoms with Crippen molar-refractivity contribution in [3.8, 4) is 11.1 Å². The van der Waals surface area contributed by atoms with Crippen LogP contribution in [0.2, 0.25) is 0 Å². The summed E-state index contributed by atoms with van der Waals surface area (Å²) in [7, 11) is 5.86. The summed E-state index contributed by atoms with van der Waals surface area (Å²) in [6.45, 7) is 2.86. The molecule has 0 bridgehead atoms. The summed E-state index contributed by atoms with van der Waals surface area (Å²) < 4.78 is 11.5. The van der Waals surface area contributed by atoms with Crippen molar-refractivity contribution in [1.82, 2.24) is 14.9 Å². The van der Waals surface area contributed by atoms with E-state index in [1.165, 1.54) is 11.1 Å². The Bertz CT molecular complexity index is 952. The number of hydrogen-bond acceptors (Lipinski definition) is 7. The van der Waals surface area contributed by atoms with Crippen molar-refractivity contribution in [3.63, 3.8) is 0 Å². The zero-order valence-corrected chi connectivity index (χ0v) is 18.1. The van der Waals surface area contributed by atoms with E-state index in [-0.39, 0.29) is 5.60 Å². The smallest absolute Gasteiger partial charge is 0.146 e. The molecule has 0 unspecified atom stereocenters. The first-order chi connectivity index (χ1) is 14.1. The third-order valence-corrected chi connectivity index (χ3v) is 6.31. The fourth-order valence-electron chi connectivity index (χ4n) is 3.74. The van der Waals surface area contributed by atoms with Gasteiger partial charge in [-0.1, -0.05) is 30.3 Å². The molecule has 2 aromatic heterocycles. The molecule has 1 fully saturated rings. The van der Waals surface area contributed by atoms with Crippen LogP contribution in [0.5, 0.6) is 0 Å². The zero-order valence-electron chi connectivity index (χ0n) is 17.3. The molecule has 0 atom stereocenters. The maximum atomic E-state index is 5.91. The Balaban J connectivity index is 1.73. The average molecular weight is 413 g/mol. The molecular weight excluding hydrogens is 384 g/mol. The molecule has 1 aliphatic heterocycles. The minimum atomic E-state index is -0.222. The lowest BCUT2D eigenvalue weighted by molar-refractivity contribution is -0.0807. The van der Waals surface area contributed by atoms with E-state index >= 15 is 0 Å². The summed E-state index contributed by atoms with van der Waals surface area (Å²) >= 11 is 1.67. The van der Waals surface area contributed by atoms with Gasteiger partial charge in [0, 0.05) is 50.7 Å². The molecule has 6 nitrogen and oxygen atoms in total. The Morgan fingerprint density at radius 2 is 1.93 bits per heavy atom. The Hall–Kier alpha value is -2.06. The summed E-state index contributed by atoms with van der Waals surface area (Å²) in [5.41, 5.74) is 2.13. The van der Waals surface area contributed by atoms with Crippen LogP contribution in [0.15, 0.2) is 35.7 Å². The van der Waals surface area contributed by atoms with Gasteiger partial charge in [0.2, 0.25) is 0 Å². The van der Waals surface area contributed by atoms with Gasteiger partial charge in [-0.05, 0) is 19.7 Å². The van der Waals surface area contributed by atoms with Crippen molar-refractivity contribution < 1.29 is 9.47 Å². The van der Waals surface area contributed by atoms with E-state index < -0.39 is 0 Å². The first kappa shape index (κ1) is 20.2. The monoisotopic (exact) mass is 412 g/mol. The molecule has 29 heavy (non-hydrogen) atoms. The second-order valence-electron chi connectivity index (χ2n) is 7.77. The van der Waals surface area contributed by atoms with Gasteiger partial charge < -0.3 is 19.7 Å². The van der Waals surface area contributed by atoms with Crippen molar-refractivity contribution in [3.05, 3.63) is 41.5 Å². The third kappa shape index (κ3) is 4.43. The van der Waals surface area contributed by atoms with Crippen LogP contribution in [0.4, 0.5) is 5.82 Å². The van der Waals surface area contributed by atoms with Gasteiger partial charge in [-0.15, -0.1) is 11.3 Å². The standard InChI is InChI=1S/C22H28N4O2S/c1-26(2)13-18-24-20(23-15-22(27-3)9-11-28-12-10-22)19-17(14-29-21(19)25-18)16-7-5-4-6-8-16/h4-8,14H,9-13,15H2,1-3H3,(H,23,24,25). The summed E-state index contributed by atoms with van der Waals surface area (Å²) in [6.07, 6.45) is 1.76. The minimum Gasteiger partial charge on any atom is -0.381 e. The Morgan fingerprint density at radius 1 is 1.17 bits per heavy atom. The molecule has 0 spiro atoms. The largest absolute Gasteiger partial charge is 0.381 e. The number of nitrogens with zero attached hydrogens (tertiary/aromatic N) is 3. The normalized spacial score (nSPS) is 16.4. The van der Waals surface area contributed by atoms with E-state index in [0.717, 1.165) is 47.9 Å². The topological polar surface area (TPSA) is 59.5 Å². The van der Waals surface area contributed by atoms with Crippen molar-refractivity contribution in [2.24, 2.45) is 0 Å². The molecule has 3 aromatic rings. The van der Waals surface area contributed by atoms with Crippen LogP contribution in [0.3, 0.4) is 0 Å². The van der Waals surface area contributed by atoms with E-state index in [9.17, 15) is 0 Å². The van der Waals surface area contributed by atoms with Crippen LogP contribution in [0.25, 0.3) is 21.3 Å². The molecule has 154 valence electrons. The van der Waals surface area contributed by atoms with Crippen molar-refractivity contribution in [1.29, 1.82) is 0 Å². The molecule has 0 amide bonds. The highest BCUT2D eigenvalue weighted by molar-refractivity contribution is 7.17. The average Bonchev–Trinajstić information content (AvgIpc) is 3.17. The van der Waals surface area contributed by atoms with E-state index in [2.05, 4.69) is 39.9 Å². The van der Waals surface area contributed by atoms with Gasteiger partial charge in [-0.25, -0.2) is 9.97 Å². The molecule has 0 saturated carbocycles. The molecule has 1 aliphatic rings. The Labute approximate surface area is 175 Å². The number of fused-ring (bicyclic) bond motifs is 1.